The number of rotatable bonds is 3. The van der Waals surface area contributed by atoms with Crippen LogP contribution in [0, 0.1) is 11.6 Å². The van der Waals surface area contributed by atoms with Gasteiger partial charge in [-0.2, -0.15) is 8.78 Å². The van der Waals surface area contributed by atoms with E-state index in [0.717, 1.165) is 0 Å². The van der Waals surface area contributed by atoms with Gasteiger partial charge in [0.05, 0.1) is 0 Å². The van der Waals surface area contributed by atoms with Gasteiger partial charge in [0.2, 0.25) is 0 Å². The first-order valence-corrected chi connectivity index (χ1v) is 4.13. The summed E-state index contributed by atoms with van der Waals surface area (Å²) < 4.78 is 74.9. The van der Waals surface area contributed by atoms with Crippen molar-refractivity contribution < 1.29 is 26.3 Å². The lowest BCUT2D eigenvalue weighted by atomic mass is 10.0. The molecule has 0 saturated carbocycles. The molecule has 1 rings (SSSR count). The van der Waals surface area contributed by atoms with Crippen molar-refractivity contribution in [3.8, 4) is 0 Å². The van der Waals surface area contributed by atoms with Gasteiger partial charge in [-0.15, -0.1) is 0 Å². The molecule has 16 heavy (non-hydrogen) atoms. The maximum Gasteiger partial charge on any atom is 0.326 e. The standard InChI is InChI=1S/C9H7F6N/c10-4-1-2-5(6(11)3-4)7(16)9(14,15)8(12)13/h1-3,7-8H,16H2. The van der Waals surface area contributed by atoms with Gasteiger partial charge in [0.15, 0.2) is 0 Å². The number of halogens is 6. The summed E-state index contributed by atoms with van der Waals surface area (Å²) in [6, 6.07) is -0.935. The van der Waals surface area contributed by atoms with Crippen molar-refractivity contribution in [2.24, 2.45) is 5.73 Å². The van der Waals surface area contributed by atoms with Crippen molar-refractivity contribution in [1.29, 1.82) is 0 Å². The third kappa shape index (κ3) is 2.29. The van der Waals surface area contributed by atoms with E-state index in [-0.39, 0.29) is 0 Å². The smallest absolute Gasteiger partial charge is 0.319 e. The molecule has 0 aliphatic carbocycles. The van der Waals surface area contributed by atoms with Crippen molar-refractivity contribution >= 4 is 0 Å². The van der Waals surface area contributed by atoms with Gasteiger partial charge in [0.1, 0.15) is 17.7 Å². The molecule has 7 heteroatoms. The van der Waals surface area contributed by atoms with Crippen LogP contribution in [0.15, 0.2) is 18.2 Å². The van der Waals surface area contributed by atoms with E-state index in [1.54, 1.807) is 0 Å². The lowest BCUT2D eigenvalue weighted by Gasteiger charge is -2.23. The van der Waals surface area contributed by atoms with E-state index in [9.17, 15) is 26.3 Å². The Balaban J connectivity index is 3.10. The lowest BCUT2D eigenvalue weighted by Crippen LogP contribution is -2.39. The monoisotopic (exact) mass is 243 g/mol. The van der Waals surface area contributed by atoms with Crippen LogP contribution in [0.4, 0.5) is 26.3 Å². The molecule has 0 spiro atoms. The van der Waals surface area contributed by atoms with Crippen LogP contribution in [0.3, 0.4) is 0 Å². The van der Waals surface area contributed by atoms with Gasteiger partial charge >= 0.3 is 12.3 Å². The molecule has 0 radical (unpaired) electrons. The fraction of sp³-hybridized carbons (Fsp3) is 0.333. The summed E-state index contributed by atoms with van der Waals surface area (Å²) in [5, 5.41) is 0. The Morgan fingerprint density at radius 1 is 1.12 bits per heavy atom. The second-order valence-electron chi connectivity index (χ2n) is 3.12. The van der Waals surface area contributed by atoms with Crippen molar-refractivity contribution in [3.63, 3.8) is 0 Å². The second kappa shape index (κ2) is 4.32. The van der Waals surface area contributed by atoms with Gasteiger partial charge in [-0.3, -0.25) is 0 Å². The second-order valence-corrected chi connectivity index (χ2v) is 3.12. The number of alkyl halides is 4. The SMILES string of the molecule is NC(c1ccc(F)cc1F)C(F)(F)C(F)F. The van der Waals surface area contributed by atoms with Gasteiger partial charge in [0, 0.05) is 11.6 Å². The maximum atomic E-state index is 13.0. The van der Waals surface area contributed by atoms with E-state index >= 15 is 0 Å². The average molecular weight is 243 g/mol. The highest BCUT2D eigenvalue weighted by molar-refractivity contribution is 5.24. The Hall–Kier alpha value is -1.24. The van der Waals surface area contributed by atoms with Gasteiger partial charge in [-0.25, -0.2) is 17.6 Å². The third-order valence-corrected chi connectivity index (χ3v) is 2.00. The third-order valence-electron chi connectivity index (χ3n) is 2.00. The first-order valence-electron chi connectivity index (χ1n) is 4.13. The molecule has 0 aliphatic heterocycles. The predicted octanol–water partition coefficient (Wildman–Crippen LogP) is 2.87. The molecule has 90 valence electrons. The van der Waals surface area contributed by atoms with Gasteiger partial charge in [-0.1, -0.05) is 6.07 Å². The zero-order valence-electron chi connectivity index (χ0n) is 7.73. The molecule has 1 unspecified atom stereocenters. The minimum absolute atomic E-state index is 0.302. The molecule has 2 N–H and O–H groups in total. The van der Waals surface area contributed by atoms with Gasteiger partial charge in [-0.05, 0) is 6.07 Å². The fourth-order valence-electron chi connectivity index (χ4n) is 1.10. The molecule has 0 heterocycles. The van der Waals surface area contributed by atoms with Crippen LogP contribution >= 0.6 is 0 Å². The summed E-state index contributed by atoms with van der Waals surface area (Å²) >= 11 is 0. The van der Waals surface area contributed by atoms with Crippen LogP contribution in [0.2, 0.25) is 0 Å². The van der Waals surface area contributed by atoms with E-state index in [1.807, 2.05) is 0 Å². The number of hydrogen-bond acceptors (Lipinski definition) is 1. The minimum Gasteiger partial charge on any atom is -0.319 e. The molecule has 1 aromatic rings. The van der Waals surface area contributed by atoms with E-state index in [1.165, 1.54) is 0 Å². The number of nitrogens with two attached hydrogens (primary N) is 1. The van der Waals surface area contributed by atoms with Gasteiger partial charge in [0.25, 0.3) is 0 Å². The normalized spacial score (nSPS) is 14.2. The largest absolute Gasteiger partial charge is 0.326 e. The van der Waals surface area contributed by atoms with Crippen LogP contribution in [0.25, 0.3) is 0 Å². The molecule has 0 aliphatic rings. The Morgan fingerprint density at radius 3 is 2.12 bits per heavy atom. The predicted molar refractivity (Wildman–Crippen MR) is 44.2 cm³/mol. The van der Waals surface area contributed by atoms with Gasteiger partial charge < -0.3 is 5.73 Å². The molecule has 0 fully saturated rings. The first-order chi connectivity index (χ1) is 7.26. The maximum absolute atomic E-state index is 13.0. The van der Waals surface area contributed by atoms with E-state index in [0.29, 0.717) is 18.2 Å². The van der Waals surface area contributed by atoms with E-state index < -0.39 is 35.6 Å². The molecule has 1 aromatic carbocycles. The summed E-state index contributed by atoms with van der Waals surface area (Å²) in [4.78, 5) is 0. The van der Waals surface area contributed by atoms with Crippen LogP contribution < -0.4 is 5.73 Å². The van der Waals surface area contributed by atoms with E-state index in [2.05, 4.69) is 0 Å². The van der Waals surface area contributed by atoms with Crippen molar-refractivity contribution in [3.05, 3.63) is 35.4 Å². The quantitative estimate of drug-likeness (QED) is 0.811. The zero-order valence-corrected chi connectivity index (χ0v) is 7.73. The molecule has 0 amide bonds. The summed E-state index contributed by atoms with van der Waals surface area (Å²) in [5.74, 6) is -6.96. The first kappa shape index (κ1) is 12.8. The van der Waals surface area contributed by atoms with Crippen molar-refractivity contribution in [1.82, 2.24) is 0 Å². The minimum atomic E-state index is -4.57. The molecule has 1 nitrogen and oxygen atoms in total. The molecule has 1 atom stereocenters. The highest BCUT2D eigenvalue weighted by Crippen LogP contribution is 2.35. The van der Waals surface area contributed by atoms with Crippen LogP contribution in [0.1, 0.15) is 11.6 Å². The van der Waals surface area contributed by atoms with E-state index in [4.69, 9.17) is 5.73 Å². The highest BCUT2D eigenvalue weighted by atomic mass is 19.3. The molecular weight excluding hydrogens is 236 g/mol. The number of hydrogen-bond donors (Lipinski definition) is 1. The van der Waals surface area contributed by atoms with Crippen LogP contribution in [-0.4, -0.2) is 12.3 Å². The van der Waals surface area contributed by atoms with Crippen molar-refractivity contribution in [2.75, 3.05) is 0 Å². The Kier molecular flexibility index (Phi) is 3.47. The Bertz CT molecular complexity index is 378. The molecule has 0 bridgehead atoms. The number of benzene rings is 1. The molecular formula is C9H7F6N. The molecule has 0 saturated heterocycles. The lowest BCUT2D eigenvalue weighted by molar-refractivity contribution is -0.145. The summed E-state index contributed by atoms with van der Waals surface area (Å²) in [6.07, 6.45) is -4.02. The topological polar surface area (TPSA) is 26.0 Å². The zero-order chi connectivity index (χ0) is 12.5. The van der Waals surface area contributed by atoms with Crippen LogP contribution in [-0.2, 0) is 0 Å². The highest BCUT2D eigenvalue weighted by Gasteiger charge is 2.48. The van der Waals surface area contributed by atoms with Crippen molar-refractivity contribution in [2.45, 2.75) is 18.4 Å². The summed E-state index contributed by atoms with van der Waals surface area (Å²) in [7, 11) is 0. The summed E-state index contributed by atoms with van der Waals surface area (Å²) in [6.45, 7) is 0. The van der Waals surface area contributed by atoms with Crippen LogP contribution in [0.5, 0.6) is 0 Å². The molecule has 0 aromatic heterocycles. The fourth-order valence-corrected chi connectivity index (χ4v) is 1.10. The Morgan fingerprint density at radius 2 is 1.69 bits per heavy atom. The average Bonchev–Trinajstić information content (AvgIpc) is 2.16. The summed E-state index contributed by atoms with van der Waals surface area (Å²) in [5.41, 5.74) is 3.98. The Labute approximate surface area is 86.9 Å².